The molecular formula is C14H15ClN4O2. The van der Waals surface area contributed by atoms with Crippen molar-refractivity contribution in [2.24, 2.45) is 5.84 Å². The van der Waals surface area contributed by atoms with Crippen LogP contribution in [0.15, 0.2) is 36.4 Å². The minimum Gasteiger partial charge on any atom is -0.494 e. The molecule has 0 aliphatic carbocycles. The minimum atomic E-state index is -0.315. The Balaban J connectivity index is 2.17. The number of carbonyl (C=O) groups excluding carboxylic acids is 1. The van der Waals surface area contributed by atoms with E-state index >= 15 is 0 Å². The maximum Gasteiger partial charge on any atom is 0.255 e. The van der Waals surface area contributed by atoms with Crippen LogP contribution in [0.4, 0.5) is 11.5 Å². The average molecular weight is 307 g/mol. The average Bonchev–Trinajstić information content (AvgIpc) is 2.47. The number of halogens is 1. The van der Waals surface area contributed by atoms with E-state index in [0.29, 0.717) is 29.4 Å². The van der Waals surface area contributed by atoms with Gasteiger partial charge in [-0.1, -0.05) is 17.7 Å². The van der Waals surface area contributed by atoms with E-state index in [1.165, 1.54) is 12.1 Å². The number of ether oxygens (including phenoxy) is 1. The smallest absolute Gasteiger partial charge is 0.255 e. The fraction of sp³-hybridized carbons (Fsp3) is 0.143. The van der Waals surface area contributed by atoms with Crippen molar-refractivity contribution in [1.82, 2.24) is 4.98 Å². The van der Waals surface area contributed by atoms with Gasteiger partial charge in [-0.05, 0) is 31.2 Å². The lowest BCUT2D eigenvalue weighted by Crippen LogP contribution is -2.14. The normalized spacial score (nSPS) is 10.0. The van der Waals surface area contributed by atoms with Gasteiger partial charge >= 0.3 is 0 Å². The Morgan fingerprint density at radius 3 is 2.90 bits per heavy atom. The molecule has 1 amide bonds. The van der Waals surface area contributed by atoms with Crippen LogP contribution < -0.4 is 21.3 Å². The maximum atomic E-state index is 12.2. The van der Waals surface area contributed by atoms with Gasteiger partial charge in [-0.3, -0.25) is 4.79 Å². The standard InChI is InChI=1S/C14H15ClN4O2/c1-2-21-11-5-3-4-10(8-11)17-14(20)9-6-12(15)18-13(7-9)19-16/h3-8H,2,16H2,1H3,(H,17,20)(H,18,19). The number of hydrogen-bond donors (Lipinski definition) is 3. The number of nitrogens with zero attached hydrogens (tertiary/aromatic N) is 1. The molecule has 0 aliphatic heterocycles. The topological polar surface area (TPSA) is 89.3 Å². The number of nitrogens with one attached hydrogen (secondary N) is 2. The molecule has 110 valence electrons. The number of amides is 1. The van der Waals surface area contributed by atoms with Crippen LogP contribution >= 0.6 is 11.6 Å². The summed E-state index contributed by atoms with van der Waals surface area (Å²) in [6, 6.07) is 10.1. The van der Waals surface area contributed by atoms with E-state index in [1.54, 1.807) is 18.2 Å². The Bertz CT molecular complexity index is 649. The monoisotopic (exact) mass is 306 g/mol. The highest BCUT2D eigenvalue weighted by Crippen LogP contribution is 2.19. The summed E-state index contributed by atoms with van der Waals surface area (Å²) in [5.41, 5.74) is 3.33. The van der Waals surface area contributed by atoms with Gasteiger partial charge in [0.1, 0.15) is 16.7 Å². The van der Waals surface area contributed by atoms with Gasteiger partial charge < -0.3 is 15.5 Å². The fourth-order valence-electron chi connectivity index (χ4n) is 1.74. The van der Waals surface area contributed by atoms with Crippen LogP contribution in [0.2, 0.25) is 5.15 Å². The number of rotatable bonds is 5. The van der Waals surface area contributed by atoms with Crippen LogP contribution in [-0.2, 0) is 0 Å². The van der Waals surface area contributed by atoms with E-state index in [-0.39, 0.29) is 11.1 Å². The van der Waals surface area contributed by atoms with Crippen LogP contribution in [0.3, 0.4) is 0 Å². The molecule has 0 bridgehead atoms. The zero-order chi connectivity index (χ0) is 15.2. The minimum absolute atomic E-state index is 0.179. The Morgan fingerprint density at radius 2 is 2.19 bits per heavy atom. The SMILES string of the molecule is CCOc1cccc(NC(=O)c2cc(Cl)nc(NN)c2)c1. The summed E-state index contributed by atoms with van der Waals surface area (Å²) in [7, 11) is 0. The number of carbonyl (C=O) groups is 1. The molecule has 21 heavy (non-hydrogen) atoms. The quantitative estimate of drug-likeness (QED) is 0.449. The summed E-state index contributed by atoms with van der Waals surface area (Å²) in [6.07, 6.45) is 0. The number of pyridine rings is 1. The molecule has 0 fully saturated rings. The third-order valence-corrected chi connectivity index (χ3v) is 2.80. The first kappa shape index (κ1) is 15.1. The second-order valence-electron chi connectivity index (χ2n) is 4.12. The van der Waals surface area contributed by atoms with Crippen molar-refractivity contribution in [3.63, 3.8) is 0 Å². The molecular weight excluding hydrogens is 292 g/mol. The van der Waals surface area contributed by atoms with Crippen molar-refractivity contribution >= 4 is 29.0 Å². The van der Waals surface area contributed by atoms with Gasteiger partial charge in [0, 0.05) is 17.3 Å². The molecule has 1 heterocycles. The third-order valence-electron chi connectivity index (χ3n) is 2.61. The third kappa shape index (κ3) is 4.08. The van der Waals surface area contributed by atoms with Gasteiger partial charge in [0.2, 0.25) is 0 Å². The highest BCUT2D eigenvalue weighted by Gasteiger charge is 2.10. The molecule has 0 saturated heterocycles. The molecule has 6 nitrogen and oxygen atoms in total. The molecule has 0 atom stereocenters. The van der Waals surface area contributed by atoms with E-state index in [9.17, 15) is 4.79 Å². The molecule has 2 aromatic rings. The van der Waals surface area contributed by atoms with Crippen LogP contribution in [0.5, 0.6) is 5.75 Å². The first-order valence-corrected chi connectivity index (χ1v) is 6.68. The molecule has 0 radical (unpaired) electrons. The Hall–Kier alpha value is -2.31. The summed E-state index contributed by atoms with van der Waals surface area (Å²) < 4.78 is 5.38. The van der Waals surface area contributed by atoms with Gasteiger partial charge in [0.15, 0.2) is 0 Å². The van der Waals surface area contributed by atoms with Crippen LogP contribution in [0.25, 0.3) is 0 Å². The van der Waals surface area contributed by atoms with Gasteiger partial charge in [0.25, 0.3) is 5.91 Å². The van der Waals surface area contributed by atoms with Crippen LogP contribution in [-0.4, -0.2) is 17.5 Å². The highest BCUT2D eigenvalue weighted by atomic mass is 35.5. The summed E-state index contributed by atoms with van der Waals surface area (Å²) >= 11 is 5.84. The van der Waals surface area contributed by atoms with Crippen molar-refractivity contribution < 1.29 is 9.53 Å². The molecule has 0 spiro atoms. The van der Waals surface area contributed by atoms with Crippen molar-refractivity contribution in [2.75, 3.05) is 17.3 Å². The largest absolute Gasteiger partial charge is 0.494 e. The van der Waals surface area contributed by atoms with E-state index < -0.39 is 0 Å². The van der Waals surface area contributed by atoms with E-state index in [1.807, 2.05) is 13.0 Å². The van der Waals surface area contributed by atoms with Crippen LogP contribution in [0, 0.1) is 0 Å². The van der Waals surface area contributed by atoms with Crippen molar-refractivity contribution in [1.29, 1.82) is 0 Å². The second-order valence-corrected chi connectivity index (χ2v) is 4.51. The van der Waals surface area contributed by atoms with Gasteiger partial charge in [-0.2, -0.15) is 0 Å². The maximum absolute atomic E-state index is 12.2. The van der Waals surface area contributed by atoms with Crippen molar-refractivity contribution in [3.8, 4) is 5.75 Å². The Morgan fingerprint density at radius 1 is 1.38 bits per heavy atom. The van der Waals surface area contributed by atoms with Crippen LogP contribution in [0.1, 0.15) is 17.3 Å². The predicted octanol–water partition coefficient (Wildman–Crippen LogP) is 2.67. The number of nitrogen functional groups attached to an aromatic ring is 1. The van der Waals surface area contributed by atoms with E-state index in [2.05, 4.69) is 15.7 Å². The first-order chi connectivity index (χ1) is 10.1. The van der Waals surface area contributed by atoms with Gasteiger partial charge in [-0.25, -0.2) is 10.8 Å². The lowest BCUT2D eigenvalue weighted by atomic mass is 10.2. The predicted molar refractivity (Wildman–Crippen MR) is 82.6 cm³/mol. The van der Waals surface area contributed by atoms with Crippen molar-refractivity contribution in [3.05, 3.63) is 47.1 Å². The molecule has 2 rings (SSSR count). The Labute approximate surface area is 127 Å². The lowest BCUT2D eigenvalue weighted by molar-refractivity contribution is 0.102. The fourth-order valence-corrected chi connectivity index (χ4v) is 1.94. The molecule has 1 aromatic carbocycles. The Kier molecular flexibility index (Phi) is 4.97. The molecule has 7 heteroatoms. The summed E-state index contributed by atoms with van der Waals surface area (Å²) in [5.74, 6) is 5.96. The van der Waals surface area contributed by atoms with E-state index in [0.717, 1.165) is 0 Å². The molecule has 4 N–H and O–H groups in total. The number of anilines is 2. The molecule has 0 aliphatic rings. The summed E-state index contributed by atoms with van der Waals surface area (Å²) in [5, 5.41) is 2.94. The van der Waals surface area contributed by atoms with Crippen molar-refractivity contribution in [2.45, 2.75) is 6.92 Å². The number of hydrogen-bond acceptors (Lipinski definition) is 5. The zero-order valence-corrected chi connectivity index (χ0v) is 12.1. The highest BCUT2D eigenvalue weighted by molar-refractivity contribution is 6.30. The number of benzene rings is 1. The van der Waals surface area contributed by atoms with E-state index in [4.69, 9.17) is 22.2 Å². The molecule has 0 saturated carbocycles. The lowest BCUT2D eigenvalue weighted by Gasteiger charge is -2.09. The summed E-state index contributed by atoms with van der Waals surface area (Å²) in [4.78, 5) is 16.1. The number of hydrazine groups is 1. The second kappa shape index (κ2) is 6.92. The zero-order valence-electron chi connectivity index (χ0n) is 11.4. The van der Waals surface area contributed by atoms with Gasteiger partial charge in [0.05, 0.1) is 6.61 Å². The number of nitrogens with two attached hydrogens (primary N) is 1. The van der Waals surface area contributed by atoms with Gasteiger partial charge in [-0.15, -0.1) is 0 Å². The molecule has 0 unspecified atom stereocenters. The molecule has 1 aromatic heterocycles. The first-order valence-electron chi connectivity index (χ1n) is 6.30. The number of aromatic nitrogens is 1. The summed E-state index contributed by atoms with van der Waals surface area (Å²) in [6.45, 7) is 2.45.